The van der Waals surface area contributed by atoms with Gasteiger partial charge in [0.2, 0.25) is 16.0 Å². The highest BCUT2D eigenvalue weighted by molar-refractivity contribution is 7.91. The first kappa shape index (κ1) is 27.2. The number of anilines is 2. The predicted octanol–water partition coefficient (Wildman–Crippen LogP) is 4.13. The molecule has 1 aliphatic carbocycles. The van der Waals surface area contributed by atoms with Gasteiger partial charge in [0.15, 0.2) is 11.6 Å². The number of rotatable bonds is 8. The highest BCUT2D eigenvalue weighted by Crippen LogP contribution is 2.37. The first-order valence-electron chi connectivity index (χ1n) is 13.2. The van der Waals surface area contributed by atoms with E-state index < -0.39 is 44.8 Å². The van der Waals surface area contributed by atoms with Crippen LogP contribution in [0.15, 0.2) is 59.5 Å². The van der Waals surface area contributed by atoms with E-state index in [2.05, 4.69) is 25.3 Å². The third-order valence-corrected chi connectivity index (χ3v) is 8.40. The molecule has 2 atom stereocenters. The number of hydrogen-bond donors (Lipinski definition) is 3. The van der Waals surface area contributed by atoms with E-state index in [-0.39, 0.29) is 29.2 Å². The van der Waals surface area contributed by atoms with Crippen molar-refractivity contribution in [2.45, 2.75) is 43.3 Å². The molecule has 0 unspecified atom stereocenters. The number of piperidine rings is 1. The van der Waals surface area contributed by atoms with Crippen molar-refractivity contribution in [2.75, 3.05) is 23.1 Å². The summed E-state index contributed by atoms with van der Waals surface area (Å²) in [7, 11) is -4.04. The van der Waals surface area contributed by atoms with Gasteiger partial charge in [0.1, 0.15) is 11.8 Å². The van der Waals surface area contributed by atoms with Crippen LogP contribution in [0.2, 0.25) is 0 Å². The number of fused-ring (bicyclic) bond motifs is 1. The standard InChI is InChI=1S/C28H27F3N6O3S/c29-18-11-19(14-32-13-18)34-28-33-12-17-10-22(27(38)37(20-6-7-20)26(17)35-28)21-8-9-23(25(31)24(21)30)36-41(39,40)15-16-4-2-1-3-5-16/h1-5,8-10,12,18-20,32,36H,6-7,11,13-15H2,(H,33,34,35)/t18-,19-/m0/s1. The van der Waals surface area contributed by atoms with Crippen LogP contribution in [0.5, 0.6) is 0 Å². The van der Waals surface area contributed by atoms with E-state index in [4.69, 9.17) is 0 Å². The molecule has 9 nitrogen and oxygen atoms in total. The summed E-state index contributed by atoms with van der Waals surface area (Å²) in [6.07, 6.45) is 2.23. The maximum absolute atomic E-state index is 15.4. The zero-order chi connectivity index (χ0) is 28.7. The van der Waals surface area contributed by atoms with E-state index in [9.17, 15) is 17.6 Å². The first-order valence-corrected chi connectivity index (χ1v) is 14.9. The van der Waals surface area contributed by atoms with Gasteiger partial charge < -0.3 is 10.6 Å². The van der Waals surface area contributed by atoms with Crippen molar-refractivity contribution < 1.29 is 21.6 Å². The third kappa shape index (κ3) is 5.77. The van der Waals surface area contributed by atoms with E-state index in [1.54, 1.807) is 30.3 Å². The Balaban J connectivity index is 1.33. The number of benzene rings is 2. The van der Waals surface area contributed by atoms with Crippen LogP contribution in [0, 0.1) is 11.6 Å². The summed E-state index contributed by atoms with van der Waals surface area (Å²) in [5.74, 6) is -2.95. The zero-order valence-corrected chi connectivity index (χ0v) is 22.6. The average Bonchev–Trinajstić information content (AvgIpc) is 3.77. The first-order chi connectivity index (χ1) is 19.7. The van der Waals surface area contributed by atoms with Crippen LogP contribution < -0.4 is 20.9 Å². The molecule has 2 fully saturated rings. The Hall–Kier alpha value is -3.97. The molecule has 1 aliphatic heterocycles. The van der Waals surface area contributed by atoms with Crippen LogP contribution in [0.25, 0.3) is 22.2 Å². The van der Waals surface area contributed by atoms with E-state index in [1.165, 1.54) is 22.9 Å². The Morgan fingerprint density at radius 1 is 1.02 bits per heavy atom. The van der Waals surface area contributed by atoms with Gasteiger partial charge in [-0.15, -0.1) is 0 Å². The maximum Gasteiger partial charge on any atom is 0.260 e. The predicted molar refractivity (Wildman–Crippen MR) is 150 cm³/mol. The summed E-state index contributed by atoms with van der Waals surface area (Å²) >= 11 is 0. The molecule has 1 saturated carbocycles. The van der Waals surface area contributed by atoms with Crippen molar-refractivity contribution in [2.24, 2.45) is 0 Å². The molecule has 3 N–H and O–H groups in total. The molecule has 0 amide bonds. The molecule has 0 bridgehead atoms. The minimum Gasteiger partial charge on any atom is -0.350 e. The number of aromatic nitrogens is 3. The van der Waals surface area contributed by atoms with Gasteiger partial charge in [0.05, 0.1) is 17.0 Å². The van der Waals surface area contributed by atoms with Crippen LogP contribution in [-0.2, 0) is 15.8 Å². The fraction of sp³-hybridized carbons (Fsp3) is 0.321. The van der Waals surface area contributed by atoms with Crippen molar-refractivity contribution in [1.82, 2.24) is 19.9 Å². The zero-order valence-electron chi connectivity index (χ0n) is 21.8. The minimum absolute atomic E-state index is 0.0967. The second-order valence-electron chi connectivity index (χ2n) is 10.4. The quantitative estimate of drug-likeness (QED) is 0.285. The minimum atomic E-state index is -4.04. The highest BCUT2D eigenvalue weighted by atomic mass is 32.2. The number of hydrogen-bond acceptors (Lipinski definition) is 7. The largest absolute Gasteiger partial charge is 0.350 e. The Morgan fingerprint density at radius 3 is 2.54 bits per heavy atom. The Bertz CT molecular complexity index is 1780. The molecule has 214 valence electrons. The van der Waals surface area contributed by atoms with Crippen LogP contribution in [0.1, 0.15) is 30.9 Å². The lowest BCUT2D eigenvalue weighted by Crippen LogP contribution is -2.44. The van der Waals surface area contributed by atoms with E-state index in [1.807, 2.05) is 0 Å². The third-order valence-electron chi connectivity index (χ3n) is 7.15. The van der Waals surface area contributed by atoms with E-state index in [0.29, 0.717) is 36.1 Å². The lowest BCUT2D eigenvalue weighted by molar-refractivity contribution is 0.254. The van der Waals surface area contributed by atoms with Gasteiger partial charge in [-0.05, 0) is 36.6 Å². The van der Waals surface area contributed by atoms with Crippen LogP contribution >= 0.6 is 0 Å². The summed E-state index contributed by atoms with van der Waals surface area (Å²) in [5, 5.41) is 6.55. The molecule has 6 rings (SSSR count). The smallest absolute Gasteiger partial charge is 0.260 e. The van der Waals surface area contributed by atoms with Gasteiger partial charge in [0, 0.05) is 48.7 Å². The second kappa shape index (κ2) is 10.8. The number of sulfonamides is 1. The lowest BCUT2D eigenvalue weighted by atomic mass is 10.0. The normalized spacial score (nSPS) is 19.3. The molecule has 1 saturated heterocycles. The lowest BCUT2D eigenvalue weighted by Gasteiger charge is -2.26. The molecule has 2 aromatic heterocycles. The number of pyridine rings is 1. The van der Waals surface area contributed by atoms with Crippen molar-refractivity contribution in [3.05, 3.63) is 82.3 Å². The average molecular weight is 585 g/mol. The van der Waals surface area contributed by atoms with Gasteiger partial charge in [-0.1, -0.05) is 30.3 Å². The number of halogens is 3. The topological polar surface area (TPSA) is 118 Å². The van der Waals surface area contributed by atoms with Crippen molar-refractivity contribution in [3.63, 3.8) is 0 Å². The van der Waals surface area contributed by atoms with Crippen LogP contribution in [0.3, 0.4) is 0 Å². The van der Waals surface area contributed by atoms with Gasteiger partial charge in [-0.2, -0.15) is 4.98 Å². The number of nitrogens with one attached hydrogen (secondary N) is 3. The molecule has 3 heterocycles. The van der Waals surface area contributed by atoms with Gasteiger partial charge in [0.25, 0.3) is 5.56 Å². The fourth-order valence-electron chi connectivity index (χ4n) is 5.07. The van der Waals surface area contributed by atoms with E-state index >= 15 is 8.78 Å². The number of nitrogens with zero attached hydrogens (tertiary/aromatic N) is 3. The van der Waals surface area contributed by atoms with Crippen molar-refractivity contribution >= 4 is 32.7 Å². The SMILES string of the molecule is O=c1c(-c2ccc(NS(=O)(=O)Cc3ccccc3)c(F)c2F)cc2cnc(N[C@@H]3CNC[C@@H](F)C3)nc2n1C1CC1. The van der Waals surface area contributed by atoms with Gasteiger partial charge >= 0.3 is 0 Å². The molecule has 2 aromatic carbocycles. The maximum atomic E-state index is 15.4. The van der Waals surface area contributed by atoms with Crippen molar-refractivity contribution in [1.29, 1.82) is 0 Å². The van der Waals surface area contributed by atoms with Gasteiger partial charge in [-0.3, -0.25) is 14.1 Å². The summed E-state index contributed by atoms with van der Waals surface area (Å²) in [6.45, 7) is 0.831. The Labute approximate surface area is 233 Å². The summed E-state index contributed by atoms with van der Waals surface area (Å²) in [4.78, 5) is 22.4. The second-order valence-corrected chi connectivity index (χ2v) is 12.1. The Morgan fingerprint density at radius 2 is 1.80 bits per heavy atom. The number of alkyl halides is 1. The summed E-state index contributed by atoms with van der Waals surface area (Å²) < 4.78 is 73.1. The molecular formula is C28H27F3N6O3S. The summed E-state index contributed by atoms with van der Waals surface area (Å²) in [5.41, 5.74) is -0.692. The monoisotopic (exact) mass is 584 g/mol. The van der Waals surface area contributed by atoms with E-state index in [0.717, 1.165) is 18.9 Å². The summed E-state index contributed by atoms with van der Waals surface area (Å²) in [6, 6.07) is 11.6. The Kier molecular flexibility index (Phi) is 7.16. The molecule has 41 heavy (non-hydrogen) atoms. The van der Waals surface area contributed by atoms with Gasteiger partial charge in [-0.25, -0.2) is 26.6 Å². The highest BCUT2D eigenvalue weighted by Gasteiger charge is 2.30. The van der Waals surface area contributed by atoms with Crippen LogP contribution in [-0.4, -0.2) is 48.3 Å². The fourth-order valence-corrected chi connectivity index (χ4v) is 6.27. The molecule has 4 aromatic rings. The van der Waals surface area contributed by atoms with Crippen molar-refractivity contribution in [3.8, 4) is 11.1 Å². The molecule has 2 aliphatic rings. The molecule has 0 spiro atoms. The molecular weight excluding hydrogens is 557 g/mol. The van der Waals surface area contributed by atoms with Crippen LogP contribution in [0.4, 0.5) is 24.8 Å². The molecule has 13 heteroatoms. The molecule has 0 radical (unpaired) electrons.